The summed E-state index contributed by atoms with van der Waals surface area (Å²) in [5, 5.41) is 6.00. The first-order chi connectivity index (χ1) is 15.7. The zero-order chi connectivity index (χ0) is 22.4. The highest BCUT2D eigenvalue weighted by atomic mass is 16.5. The number of carbonyl (C=O) groups is 1. The minimum atomic E-state index is -0.136. The van der Waals surface area contributed by atoms with Crippen LogP contribution in [0.2, 0.25) is 0 Å². The van der Waals surface area contributed by atoms with Gasteiger partial charge >= 0.3 is 0 Å². The molecule has 0 bridgehead atoms. The van der Waals surface area contributed by atoms with Crippen LogP contribution >= 0.6 is 0 Å². The van der Waals surface area contributed by atoms with Gasteiger partial charge in [0.2, 0.25) is 5.91 Å². The molecule has 3 aromatic carbocycles. The summed E-state index contributed by atoms with van der Waals surface area (Å²) in [7, 11) is 0. The topological polar surface area (TPSA) is 68.8 Å². The second-order valence-corrected chi connectivity index (χ2v) is 7.08. The molecule has 0 aliphatic rings. The number of anilines is 2. The third kappa shape index (κ3) is 8.32. The van der Waals surface area contributed by atoms with Gasteiger partial charge < -0.3 is 24.8 Å². The summed E-state index contributed by atoms with van der Waals surface area (Å²) in [4.78, 5) is 12.3. The Hall–Kier alpha value is -3.51. The Morgan fingerprint density at radius 3 is 2.34 bits per heavy atom. The highest BCUT2D eigenvalue weighted by Crippen LogP contribution is 2.18. The second kappa shape index (κ2) is 13.0. The smallest absolute Gasteiger partial charge is 0.243 e. The zero-order valence-electron chi connectivity index (χ0n) is 18.4. The van der Waals surface area contributed by atoms with Crippen LogP contribution in [0.25, 0.3) is 0 Å². The fourth-order valence-corrected chi connectivity index (χ4v) is 3.01. The maximum absolute atomic E-state index is 12.3. The van der Waals surface area contributed by atoms with Gasteiger partial charge in [0, 0.05) is 30.5 Å². The third-order valence-corrected chi connectivity index (χ3v) is 4.63. The van der Waals surface area contributed by atoms with Crippen molar-refractivity contribution in [3.8, 4) is 11.5 Å². The van der Waals surface area contributed by atoms with Crippen LogP contribution in [0, 0.1) is 0 Å². The van der Waals surface area contributed by atoms with Gasteiger partial charge in [0.1, 0.15) is 18.1 Å². The lowest BCUT2D eigenvalue weighted by atomic mass is 10.2. The van der Waals surface area contributed by atoms with E-state index in [1.54, 1.807) is 0 Å². The van der Waals surface area contributed by atoms with E-state index < -0.39 is 0 Å². The second-order valence-electron chi connectivity index (χ2n) is 7.08. The van der Waals surface area contributed by atoms with Crippen LogP contribution < -0.4 is 20.1 Å². The molecule has 6 nitrogen and oxygen atoms in total. The van der Waals surface area contributed by atoms with E-state index in [1.165, 1.54) is 5.56 Å². The van der Waals surface area contributed by atoms with Crippen molar-refractivity contribution >= 4 is 17.3 Å². The average molecular weight is 435 g/mol. The predicted octanol–water partition coefficient (Wildman–Crippen LogP) is 4.77. The van der Waals surface area contributed by atoms with Gasteiger partial charge in [0.15, 0.2) is 0 Å². The maximum Gasteiger partial charge on any atom is 0.243 e. The molecule has 168 valence electrons. The molecular formula is C26H30N2O4. The van der Waals surface area contributed by atoms with Crippen molar-refractivity contribution in [2.24, 2.45) is 0 Å². The molecule has 0 aliphatic heterocycles. The Morgan fingerprint density at radius 1 is 0.781 bits per heavy atom. The summed E-state index contributed by atoms with van der Waals surface area (Å²) in [6.45, 7) is 4.44. The van der Waals surface area contributed by atoms with Gasteiger partial charge in [-0.05, 0) is 48.9 Å². The number of hydrogen-bond donors (Lipinski definition) is 2. The first-order valence-corrected chi connectivity index (χ1v) is 10.8. The molecule has 2 N–H and O–H groups in total. The Labute approximate surface area is 189 Å². The van der Waals surface area contributed by atoms with Crippen molar-refractivity contribution < 1.29 is 19.0 Å². The van der Waals surface area contributed by atoms with Crippen LogP contribution in [-0.4, -0.2) is 38.9 Å². The molecule has 0 aliphatic carbocycles. The van der Waals surface area contributed by atoms with E-state index in [-0.39, 0.29) is 12.5 Å². The van der Waals surface area contributed by atoms with E-state index in [4.69, 9.17) is 14.2 Å². The molecule has 1 amide bonds. The molecule has 0 saturated heterocycles. The maximum atomic E-state index is 12.3. The largest absolute Gasteiger partial charge is 0.493 e. The van der Waals surface area contributed by atoms with Crippen LogP contribution in [-0.2, 0) is 16.0 Å². The van der Waals surface area contributed by atoms with Gasteiger partial charge in [-0.15, -0.1) is 0 Å². The fraction of sp³-hybridized carbons (Fsp3) is 0.269. The Bertz CT molecular complexity index is 946. The first kappa shape index (κ1) is 23.2. The molecule has 6 heteroatoms. The van der Waals surface area contributed by atoms with E-state index in [0.29, 0.717) is 32.1 Å². The summed E-state index contributed by atoms with van der Waals surface area (Å²) in [6.07, 6.45) is 0.831. The molecule has 0 unspecified atom stereocenters. The number of carbonyl (C=O) groups excluding carboxylic acids is 1. The molecule has 0 spiro atoms. The van der Waals surface area contributed by atoms with Crippen LogP contribution in [0.3, 0.4) is 0 Å². The minimum Gasteiger partial charge on any atom is -0.493 e. The summed E-state index contributed by atoms with van der Waals surface area (Å²) < 4.78 is 16.7. The molecule has 0 saturated carbocycles. The molecular weight excluding hydrogens is 404 g/mol. The Morgan fingerprint density at radius 2 is 1.56 bits per heavy atom. The zero-order valence-corrected chi connectivity index (χ0v) is 18.4. The van der Waals surface area contributed by atoms with E-state index >= 15 is 0 Å². The average Bonchev–Trinajstić information content (AvgIpc) is 2.82. The highest BCUT2D eigenvalue weighted by molar-refractivity contribution is 5.93. The number of rotatable bonds is 13. The van der Waals surface area contributed by atoms with E-state index in [9.17, 15) is 4.79 Å². The fourth-order valence-electron chi connectivity index (χ4n) is 3.01. The van der Waals surface area contributed by atoms with Crippen molar-refractivity contribution in [3.63, 3.8) is 0 Å². The molecule has 0 aromatic heterocycles. The summed E-state index contributed by atoms with van der Waals surface area (Å²) >= 11 is 0. The lowest BCUT2D eigenvalue weighted by Gasteiger charge is -2.11. The van der Waals surface area contributed by atoms with Crippen LogP contribution in [0.5, 0.6) is 11.5 Å². The lowest BCUT2D eigenvalue weighted by molar-refractivity contribution is -0.114. The monoisotopic (exact) mass is 434 g/mol. The van der Waals surface area contributed by atoms with Gasteiger partial charge in [0.25, 0.3) is 0 Å². The van der Waals surface area contributed by atoms with Crippen molar-refractivity contribution in [2.45, 2.75) is 13.3 Å². The standard InChI is InChI=1S/C26H30N2O4/c1-2-30-17-18-32-24-13-11-22(12-14-24)27-20-26(29)28-23-9-6-10-25(19-23)31-16-15-21-7-4-3-5-8-21/h3-14,19,27H,2,15-18,20H2,1H3,(H,28,29). The molecule has 3 rings (SSSR count). The van der Waals surface area contributed by atoms with Crippen LogP contribution in [0.4, 0.5) is 11.4 Å². The number of benzene rings is 3. The van der Waals surface area contributed by atoms with Gasteiger partial charge in [-0.1, -0.05) is 36.4 Å². The van der Waals surface area contributed by atoms with E-state index in [2.05, 4.69) is 22.8 Å². The van der Waals surface area contributed by atoms with Crippen molar-refractivity contribution in [1.29, 1.82) is 0 Å². The Kier molecular flexibility index (Phi) is 9.42. The highest BCUT2D eigenvalue weighted by Gasteiger charge is 2.04. The summed E-state index contributed by atoms with van der Waals surface area (Å²) in [5.41, 5.74) is 2.77. The molecule has 32 heavy (non-hydrogen) atoms. The number of nitrogens with one attached hydrogen (secondary N) is 2. The van der Waals surface area contributed by atoms with Crippen molar-refractivity contribution in [2.75, 3.05) is 43.6 Å². The SMILES string of the molecule is CCOCCOc1ccc(NCC(=O)Nc2cccc(OCCc3ccccc3)c2)cc1. The summed E-state index contributed by atoms with van der Waals surface area (Å²) in [6, 6.07) is 25.1. The van der Waals surface area contributed by atoms with Crippen LogP contribution in [0.15, 0.2) is 78.9 Å². The van der Waals surface area contributed by atoms with Gasteiger partial charge in [-0.3, -0.25) is 4.79 Å². The minimum absolute atomic E-state index is 0.136. The van der Waals surface area contributed by atoms with Gasteiger partial charge in [-0.2, -0.15) is 0 Å². The van der Waals surface area contributed by atoms with Gasteiger partial charge in [-0.25, -0.2) is 0 Å². The quantitative estimate of drug-likeness (QED) is 0.379. The molecule has 0 fully saturated rings. The van der Waals surface area contributed by atoms with Crippen molar-refractivity contribution in [1.82, 2.24) is 0 Å². The molecule has 0 heterocycles. The van der Waals surface area contributed by atoms with Crippen LogP contribution in [0.1, 0.15) is 12.5 Å². The predicted molar refractivity (Wildman–Crippen MR) is 128 cm³/mol. The number of amides is 1. The summed E-state index contributed by atoms with van der Waals surface area (Å²) in [5.74, 6) is 1.36. The lowest BCUT2D eigenvalue weighted by Crippen LogP contribution is -2.21. The third-order valence-electron chi connectivity index (χ3n) is 4.63. The number of ether oxygens (including phenoxy) is 3. The molecule has 0 radical (unpaired) electrons. The Balaban J connectivity index is 1.39. The number of hydrogen-bond acceptors (Lipinski definition) is 5. The molecule has 0 atom stereocenters. The van der Waals surface area contributed by atoms with E-state index in [1.807, 2.05) is 73.7 Å². The molecule has 3 aromatic rings. The first-order valence-electron chi connectivity index (χ1n) is 10.8. The van der Waals surface area contributed by atoms with Crippen molar-refractivity contribution in [3.05, 3.63) is 84.4 Å². The van der Waals surface area contributed by atoms with E-state index in [0.717, 1.165) is 23.6 Å². The van der Waals surface area contributed by atoms with Gasteiger partial charge in [0.05, 0.1) is 19.8 Å². The normalized spacial score (nSPS) is 10.4.